The van der Waals surface area contributed by atoms with E-state index in [1.165, 1.54) is 24.3 Å². The minimum absolute atomic E-state index is 0.109. The summed E-state index contributed by atoms with van der Waals surface area (Å²) in [4.78, 5) is 25.9. The molecule has 0 spiro atoms. The van der Waals surface area contributed by atoms with E-state index >= 15 is 0 Å². The normalized spacial score (nSPS) is 11.6. The Morgan fingerprint density at radius 3 is 2.50 bits per heavy atom. The zero-order valence-corrected chi connectivity index (χ0v) is 8.12. The molecule has 7 heteroatoms. The summed E-state index contributed by atoms with van der Waals surface area (Å²) < 4.78 is 4.49. The van der Waals surface area contributed by atoms with Crippen LogP contribution in [-0.4, -0.2) is 23.3 Å². The van der Waals surface area contributed by atoms with Crippen molar-refractivity contribution < 1.29 is 24.3 Å². The Morgan fingerprint density at radius 2 is 1.94 bits per heavy atom. The van der Waals surface area contributed by atoms with Gasteiger partial charge in [0.2, 0.25) is 0 Å². The molecule has 0 saturated heterocycles. The van der Waals surface area contributed by atoms with E-state index in [1.807, 2.05) is 0 Å². The lowest BCUT2D eigenvalue weighted by Crippen LogP contribution is -2.38. The number of hydrogen-bond acceptors (Lipinski definition) is 7. The third-order valence-electron chi connectivity index (χ3n) is 1.71. The van der Waals surface area contributed by atoms with Gasteiger partial charge in [0.05, 0.1) is 0 Å². The van der Waals surface area contributed by atoms with Crippen LogP contribution in [0.5, 0.6) is 5.75 Å². The van der Waals surface area contributed by atoms with Crippen LogP contribution < -0.4 is 11.6 Å². The van der Waals surface area contributed by atoms with Crippen LogP contribution in [0.1, 0.15) is 10.4 Å². The van der Waals surface area contributed by atoms with Crippen molar-refractivity contribution in [1.82, 2.24) is 0 Å². The van der Waals surface area contributed by atoms with Crippen molar-refractivity contribution in [3.05, 3.63) is 29.8 Å². The van der Waals surface area contributed by atoms with Gasteiger partial charge in [0.25, 0.3) is 6.23 Å². The van der Waals surface area contributed by atoms with Gasteiger partial charge in [0.15, 0.2) is 0 Å². The lowest BCUT2D eigenvalue weighted by Gasteiger charge is -2.10. The number of benzene rings is 1. The average Bonchev–Trinajstić information content (AvgIpc) is 2.28. The molecule has 7 nitrogen and oxygen atoms in total. The Balaban J connectivity index is 2.73. The molecule has 1 unspecified atom stereocenters. The summed E-state index contributed by atoms with van der Waals surface area (Å²) in [6, 6.07) is 5.66. The van der Waals surface area contributed by atoms with Crippen molar-refractivity contribution in [1.29, 1.82) is 0 Å². The van der Waals surface area contributed by atoms with Crippen LogP contribution in [-0.2, 0) is 14.4 Å². The molecule has 1 atom stereocenters. The first kappa shape index (κ1) is 12.0. The maximum Gasteiger partial charge on any atom is 0.381 e. The maximum atomic E-state index is 11.4. The summed E-state index contributed by atoms with van der Waals surface area (Å²) in [6.45, 7) is 0. The zero-order valence-electron chi connectivity index (χ0n) is 8.12. The molecule has 0 aliphatic carbocycles. The Hall–Kier alpha value is -2.12. The Kier molecular flexibility index (Phi) is 3.81. The number of rotatable bonds is 3. The minimum Gasteiger partial charge on any atom is -0.507 e. The van der Waals surface area contributed by atoms with Crippen molar-refractivity contribution in [3.63, 3.8) is 0 Å². The molecule has 0 bridgehead atoms. The van der Waals surface area contributed by atoms with Gasteiger partial charge < -0.3 is 14.7 Å². The van der Waals surface area contributed by atoms with E-state index in [0.717, 1.165) is 0 Å². The van der Waals surface area contributed by atoms with Crippen molar-refractivity contribution in [2.45, 2.75) is 6.23 Å². The van der Waals surface area contributed by atoms with Gasteiger partial charge in [-0.1, -0.05) is 12.1 Å². The molecule has 0 saturated carbocycles. The fourth-order valence-electron chi connectivity index (χ4n) is 0.940. The molecule has 0 aliphatic rings. The molecule has 5 N–H and O–H groups in total. The summed E-state index contributed by atoms with van der Waals surface area (Å²) in [5.41, 5.74) is 5.03. The molecule has 0 radical (unpaired) electrons. The first-order chi connectivity index (χ1) is 7.56. The summed E-state index contributed by atoms with van der Waals surface area (Å²) in [5.74, 6) is 2.23. The van der Waals surface area contributed by atoms with Crippen LogP contribution in [0.3, 0.4) is 0 Å². The van der Waals surface area contributed by atoms with Crippen LogP contribution in [0.2, 0.25) is 0 Å². The van der Waals surface area contributed by atoms with Gasteiger partial charge in [0.1, 0.15) is 11.3 Å². The second-order valence-electron chi connectivity index (χ2n) is 2.78. The molecule has 1 aromatic carbocycles. The molecule has 0 aromatic heterocycles. The fourth-order valence-corrected chi connectivity index (χ4v) is 0.940. The number of nitrogens with two attached hydrogens (primary N) is 2. The van der Waals surface area contributed by atoms with Crippen LogP contribution in [0.15, 0.2) is 24.3 Å². The molecule has 1 rings (SSSR count). The van der Waals surface area contributed by atoms with E-state index < -0.39 is 18.2 Å². The van der Waals surface area contributed by atoms with E-state index in [2.05, 4.69) is 15.5 Å². The largest absolute Gasteiger partial charge is 0.507 e. The number of ether oxygens (including phenoxy) is 1. The maximum absolute atomic E-state index is 11.4. The third kappa shape index (κ3) is 2.69. The molecule has 0 amide bonds. The Morgan fingerprint density at radius 1 is 1.31 bits per heavy atom. The third-order valence-corrected chi connectivity index (χ3v) is 1.71. The van der Waals surface area contributed by atoms with Gasteiger partial charge in [-0.15, -0.1) is 0 Å². The zero-order chi connectivity index (χ0) is 12.1. The molecule has 1 aromatic rings. The van der Waals surface area contributed by atoms with E-state index in [0.29, 0.717) is 0 Å². The fraction of sp³-hybridized carbons (Fsp3) is 0.111. The molecular weight excluding hydrogens is 216 g/mol. The minimum atomic E-state index is -1.63. The topological polar surface area (TPSA) is 125 Å². The van der Waals surface area contributed by atoms with E-state index in [1.54, 1.807) is 0 Å². The molecule has 0 fully saturated rings. The van der Waals surface area contributed by atoms with Crippen molar-refractivity contribution in [3.8, 4) is 5.75 Å². The summed E-state index contributed by atoms with van der Waals surface area (Å²) >= 11 is 0. The molecule has 0 heterocycles. The number of para-hydroxylation sites is 1. The predicted octanol–water partition coefficient (Wildman–Crippen LogP) is -0.749. The lowest BCUT2D eigenvalue weighted by atomic mass is 10.2. The second kappa shape index (κ2) is 5.10. The lowest BCUT2D eigenvalue weighted by molar-refractivity contribution is -0.154. The highest BCUT2D eigenvalue weighted by Crippen LogP contribution is 2.16. The molecule has 86 valence electrons. The standard InChI is InChI=1S/C9H10N2O5/c10-7(9(14)16-11)15-8(13)5-3-1-2-4-6(5)12/h1-4,7,12H,10-11H2. The highest BCUT2D eigenvalue weighted by molar-refractivity contribution is 5.93. The van der Waals surface area contributed by atoms with Crippen LogP contribution >= 0.6 is 0 Å². The number of carbonyl (C=O) groups is 2. The van der Waals surface area contributed by atoms with Gasteiger partial charge in [-0.3, -0.25) is 5.73 Å². The first-order valence-electron chi connectivity index (χ1n) is 4.21. The van der Waals surface area contributed by atoms with Gasteiger partial charge >= 0.3 is 11.9 Å². The number of carbonyl (C=O) groups excluding carboxylic acids is 2. The van der Waals surface area contributed by atoms with Crippen molar-refractivity contribution in [2.75, 3.05) is 0 Å². The van der Waals surface area contributed by atoms with Gasteiger partial charge in [-0.2, -0.15) is 5.90 Å². The average molecular weight is 226 g/mol. The van der Waals surface area contributed by atoms with Crippen LogP contribution in [0, 0.1) is 0 Å². The second-order valence-corrected chi connectivity index (χ2v) is 2.78. The van der Waals surface area contributed by atoms with E-state index in [-0.39, 0.29) is 11.3 Å². The highest BCUT2D eigenvalue weighted by Gasteiger charge is 2.21. The van der Waals surface area contributed by atoms with Gasteiger partial charge in [0, 0.05) is 0 Å². The molecule has 0 aliphatic heterocycles. The van der Waals surface area contributed by atoms with E-state index in [4.69, 9.17) is 5.73 Å². The quantitative estimate of drug-likeness (QED) is 0.351. The van der Waals surface area contributed by atoms with Gasteiger partial charge in [-0.25, -0.2) is 9.59 Å². The predicted molar refractivity (Wildman–Crippen MR) is 51.8 cm³/mol. The monoisotopic (exact) mass is 226 g/mol. The summed E-state index contributed by atoms with van der Waals surface area (Å²) in [7, 11) is 0. The Bertz CT molecular complexity index is 407. The number of phenols is 1. The number of esters is 1. The Labute approximate surface area is 90.5 Å². The summed E-state index contributed by atoms with van der Waals surface area (Å²) in [5, 5.41) is 9.31. The molecular formula is C9H10N2O5. The van der Waals surface area contributed by atoms with Gasteiger partial charge in [-0.05, 0) is 12.1 Å². The van der Waals surface area contributed by atoms with Crippen molar-refractivity contribution in [2.24, 2.45) is 11.6 Å². The SMILES string of the molecule is NOC(=O)C(N)OC(=O)c1ccccc1O. The highest BCUT2D eigenvalue weighted by atomic mass is 16.7. The number of aromatic hydroxyl groups is 1. The smallest absolute Gasteiger partial charge is 0.381 e. The van der Waals surface area contributed by atoms with Crippen molar-refractivity contribution >= 4 is 11.9 Å². The molecule has 16 heavy (non-hydrogen) atoms. The van der Waals surface area contributed by atoms with Crippen LogP contribution in [0.4, 0.5) is 0 Å². The summed E-state index contributed by atoms with van der Waals surface area (Å²) in [6.07, 6.45) is -1.63. The van der Waals surface area contributed by atoms with Crippen LogP contribution in [0.25, 0.3) is 0 Å². The number of hydrogen-bond donors (Lipinski definition) is 3. The number of phenolic OH excluding ortho intramolecular Hbond substituents is 1. The first-order valence-corrected chi connectivity index (χ1v) is 4.21. The van der Waals surface area contributed by atoms with E-state index in [9.17, 15) is 14.7 Å².